The van der Waals surface area contributed by atoms with Crippen molar-refractivity contribution in [1.82, 2.24) is 0 Å². The molecule has 0 radical (unpaired) electrons. The van der Waals surface area contributed by atoms with E-state index in [1.165, 1.54) is 0 Å². The maximum Gasteiger partial charge on any atom is 0.0855 e. The second-order valence-corrected chi connectivity index (χ2v) is 4.86. The summed E-state index contributed by atoms with van der Waals surface area (Å²) in [6, 6.07) is 7.65. The van der Waals surface area contributed by atoms with Gasteiger partial charge in [-0.1, -0.05) is 46.6 Å². The van der Waals surface area contributed by atoms with Crippen LogP contribution in [-0.4, -0.2) is 10.8 Å². The van der Waals surface area contributed by atoms with Crippen molar-refractivity contribution in [3.8, 4) is 0 Å². The van der Waals surface area contributed by atoms with E-state index in [2.05, 4.69) is 28.2 Å². The van der Waals surface area contributed by atoms with Gasteiger partial charge in [0, 0.05) is 5.88 Å². The Balaban J connectivity index is 2.64. The molecule has 2 atom stereocenters. The Morgan fingerprint density at radius 2 is 2.07 bits per heavy atom. The maximum absolute atomic E-state index is 6.00. The van der Waals surface area contributed by atoms with Crippen molar-refractivity contribution >= 4 is 44.8 Å². The largest absolute Gasteiger partial charge is 0.371 e. The highest BCUT2D eigenvalue weighted by Crippen LogP contribution is 2.24. The Hall–Kier alpha value is 0.0800. The third-order valence-electron chi connectivity index (χ3n) is 1.91. The van der Waals surface area contributed by atoms with Gasteiger partial charge in [0.1, 0.15) is 0 Å². The van der Waals surface area contributed by atoms with Crippen molar-refractivity contribution in [2.24, 2.45) is 5.92 Å². The molecule has 0 spiro atoms. The zero-order chi connectivity index (χ0) is 10.6. The summed E-state index contributed by atoms with van der Waals surface area (Å²) < 4.78 is 0. The molecule has 0 amide bonds. The molecule has 0 fully saturated rings. The Morgan fingerprint density at radius 3 is 2.64 bits per heavy atom. The first-order valence-corrected chi connectivity index (χ1v) is 6.19. The van der Waals surface area contributed by atoms with Crippen molar-refractivity contribution in [2.45, 2.75) is 11.9 Å². The molecule has 0 aliphatic carbocycles. The zero-order valence-electron chi connectivity index (χ0n) is 7.81. The quantitative estimate of drug-likeness (QED) is 0.643. The van der Waals surface area contributed by atoms with Crippen LogP contribution >= 0.6 is 39.1 Å². The minimum absolute atomic E-state index is 0.139. The molecule has 14 heavy (non-hydrogen) atoms. The molecule has 1 aromatic rings. The second kappa shape index (κ2) is 5.84. The van der Waals surface area contributed by atoms with Crippen molar-refractivity contribution in [1.29, 1.82) is 0 Å². The summed E-state index contributed by atoms with van der Waals surface area (Å²) in [5.74, 6) is 0.945. The van der Waals surface area contributed by atoms with Crippen LogP contribution in [0.25, 0.3) is 0 Å². The standard InChI is InChI=1S/C10H12BrCl2N/c1-7(6-12)10(11)14-9-5-3-2-4-8(9)13/h2-5,7,10,14H,6H2,1H3. The van der Waals surface area contributed by atoms with E-state index in [4.69, 9.17) is 23.2 Å². The lowest BCUT2D eigenvalue weighted by Gasteiger charge is -2.19. The molecule has 0 saturated carbocycles. The van der Waals surface area contributed by atoms with E-state index < -0.39 is 0 Å². The number of anilines is 1. The predicted molar refractivity (Wildman–Crippen MR) is 67.7 cm³/mol. The Kier molecular flexibility index (Phi) is 5.07. The fourth-order valence-electron chi connectivity index (χ4n) is 0.947. The predicted octanol–water partition coefficient (Wildman–Crippen LogP) is 4.35. The van der Waals surface area contributed by atoms with Gasteiger partial charge < -0.3 is 5.32 Å². The summed E-state index contributed by atoms with van der Waals surface area (Å²) in [5.41, 5.74) is 0.924. The second-order valence-electron chi connectivity index (χ2n) is 3.16. The molecular formula is C10H12BrCl2N. The SMILES string of the molecule is CC(CCl)C(Br)Nc1ccccc1Cl. The van der Waals surface area contributed by atoms with E-state index in [0.717, 1.165) is 10.7 Å². The molecule has 0 saturated heterocycles. The molecule has 1 aromatic carbocycles. The summed E-state index contributed by atoms with van der Waals surface area (Å²) in [6.07, 6.45) is 0. The lowest BCUT2D eigenvalue weighted by molar-refractivity contribution is 0.667. The topological polar surface area (TPSA) is 12.0 Å². The van der Waals surface area contributed by atoms with Crippen LogP contribution in [0.15, 0.2) is 24.3 Å². The molecule has 0 aliphatic heterocycles. The van der Waals surface area contributed by atoms with Gasteiger partial charge in [-0.25, -0.2) is 0 Å². The first kappa shape index (κ1) is 12.2. The number of nitrogens with one attached hydrogen (secondary N) is 1. The van der Waals surface area contributed by atoms with Gasteiger partial charge in [0.15, 0.2) is 0 Å². The highest BCUT2D eigenvalue weighted by molar-refractivity contribution is 9.09. The third-order valence-corrected chi connectivity index (χ3v) is 3.86. The van der Waals surface area contributed by atoms with E-state index in [-0.39, 0.29) is 4.95 Å². The minimum Gasteiger partial charge on any atom is -0.371 e. The van der Waals surface area contributed by atoms with Crippen LogP contribution in [0.2, 0.25) is 5.02 Å². The minimum atomic E-state index is 0.139. The number of benzene rings is 1. The van der Waals surface area contributed by atoms with Gasteiger partial charge in [0.25, 0.3) is 0 Å². The highest BCUT2D eigenvalue weighted by atomic mass is 79.9. The number of rotatable bonds is 4. The van der Waals surface area contributed by atoms with Crippen LogP contribution in [-0.2, 0) is 0 Å². The molecule has 0 bridgehead atoms. The molecular weight excluding hydrogens is 285 g/mol. The fraction of sp³-hybridized carbons (Fsp3) is 0.400. The first-order chi connectivity index (χ1) is 6.65. The summed E-state index contributed by atoms with van der Waals surface area (Å²) in [6.45, 7) is 2.07. The number of halogens is 3. The lowest BCUT2D eigenvalue weighted by Crippen LogP contribution is -2.21. The van der Waals surface area contributed by atoms with Crippen molar-refractivity contribution < 1.29 is 0 Å². The Morgan fingerprint density at radius 1 is 1.43 bits per heavy atom. The van der Waals surface area contributed by atoms with Gasteiger partial charge in [-0.05, 0) is 18.1 Å². The van der Waals surface area contributed by atoms with Crippen molar-refractivity contribution in [3.05, 3.63) is 29.3 Å². The van der Waals surface area contributed by atoms with E-state index >= 15 is 0 Å². The Labute approximate surface area is 103 Å². The van der Waals surface area contributed by atoms with Crippen LogP contribution in [0.4, 0.5) is 5.69 Å². The van der Waals surface area contributed by atoms with Crippen molar-refractivity contribution in [2.75, 3.05) is 11.2 Å². The molecule has 1 nitrogen and oxygen atoms in total. The van der Waals surface area contributed by atoms with E-state index in [0.29, 0.717) is 11.8 Å². The fourth-order valence-corrected chi connectivity index (χ4v) is 1.96. The zero-order valence-corrected chi connectivity index (χ0v) is 10.9. The first-order valence-electron chi connectivity index (χ1n) is 4.36. The number of alkyl halides is 2. The average molecular weight is 297 g/mol. The third kappa shape index (κ3) is 3.34. The van der Waals surface area contributed by atoms with Gasteiger partial charge in [-0.15, -0.1) is 11.6 Å². The summed E-state index contributed by atoms with van der Waals surface area (Å²) in [7, 11) is 0. The molecule has 1 N–H and O–H groups in total. The molecule has 1 rings (SSSR count). The molecule has 2 unspecified atom stereocenters. The number of hydrogen-bond donors (Lipinski definition) is 1. The molecule has 0 aliphatic rings. The van der Waals surface area contributed by atoms with Gasteiger partial charge in [0.2, 0.25) is 0 Å². The smallest absolute Gasteiger partial charge is 0.0855 e. The monoisotopic (exact) mass is 295 g/mol. The lowest BCUT2D eigenvalue weighted by atomic mass is 10.2. The van der Waals surface area contributed by atoms with Crippen molar-refractivity contribution in [3.63, 3.8) is 0 Å². The van der Waals surface area contributed by atoms with Gasteiger partial charge in [-0.3, -0.25) is 0 Å². The highest BCUT2D eigenvalue weighted by Gasteiger charge is 2.13. The van der Waals surface area contributed by atoms with E-state index in [1.54, 1.807) is 0 Å². The molecule has 0 aromatic heterocycles. The van der Waals surface area contributed by atoms with Gasteiger partial charge >= 0.3 is 0 Å². The Bertz CT molecular complexity index is 293. The average Bonchev–Trinajstić information content (AvgIpc) is 2.20. The van der Waals surface area contributed by atoms with Gasteiger partial charge in [-0.2, -0.15) is 0 Å². The summed E-state index contributed by atoms with van der Waals surface area (Å²) in [4.78, 5) is 0.139. The summed E-state index contributed by atoms with van der Waals surface area (Å²) in [5, 5.41) is 3.98. The van der Waals surface area contributed by atoms with Crippen LogP contribution in [0.3, 0.4) is 0 Å². The maximum atomic E-state index is 6.00. The van der Waals surface area contributed by atoms with Crippen LogP contribution in [0.5, 0.6) is 0 Å². The van der Waals surface area contributed by atoms with Crippen LogP contribution in [0, 0.1) is 5.92 Å². The van der Waals surface area contributed by atoms with E-state index in [9.17, 15) is 0 Å². The van der Waals surface area contributed by atoms with E-state index in [1.807, 2.05) is 24.3 Å². The van der Waals surface area contributed by atoms with Gasteiger partial charge in [0.05, 0.1) is 15.7 Å². The number of para-hydroxylation sites is 1. The molecule has 0 heterocycles. The molecule has 4 heteroatoms. The normalized spacial score (nSPS) is 14.9. The van der Waals surface area contributed by atoms with Crippen LogP contribution in [0.1, 0.15) is 6.92 Å². The summed E-state index contributed by atoms with van der Waals surface area (Å²) >= 11 is 15.3. The van der Waals surface area contributed by atoms with Crippen LogP contribution < -0.4 is 5.32 Å². The molecule has 78 valence electrons. The number of hydrogen-bond acceptors (Lipinski definition) is 1.